The topological polar surface area (TPSA) is 89.4 Å². The number of hydrogen-bond donors (Lipinski definition) is 2. The molecule has 4 atom stereocenters. The number of carbonyl (C=O) groups excluding carboxylic acids is 1. The Balaban J connectivity index is 1.08. The van der Waals surface area contributed by atoms with E-state index in [4.69, 9.17) is 21.2 Å². The summed E-state index contributed by atoms with van der Waals surface area (Å²) in [6.45, 7) is 0. The highest BCUT2D eigenvalue weighted by Crippen LogP contribution is 2.42. The molecule has 2 aliphatic carbocycles. The zero-order chi connectivity index (χ0) is 23.3. The summed E-state index contributed by atoms with van der Waals surface area (Å²) in [6, 6.07) is 4.89. The van der Waals surface area contributed by atoms with Crippen molar-refractivity contribution >= 4 is 23.2 Å². The van der Waals surface area contributed by atoms with Crippen LogP contribution in [0, 0.1) is 11.8 Å². The second kappa shape index (κ2) is 8.48. The Labute approximate surface area is 192 Å². The molecule has 0 saturated heterocycles. The smallest absolute Gasteiger partial charge is 0.480 e. The van der Waals surface area contributed by atoms with Crippen LogP contribution in [0.5, 0.6) is 5.75 Å². The summed E-state index contributed by atoms with van der Waals surface area (Å²) in [5, 5.41) is 17.8. The van der Waals surface area contributed by atoms with Gasteiger partial charge in [-0.3, -0.25) is 9.53 Å². The van der Waals surface area contributed by atoms with Crippen LogP contribution in [0.25, 0.3) is 0 Å². The second-order valence-electron chi connectivity index (χ2n) is 8.88. The van der Waals surface area contributed by atoms with Crippen LogP contribution in [-0.2, 0) is 14.4 Å². The molecular weight excluding hydrogens is 465 g/mol. The third-order valence-electron chi connectivity index (χ3n) is 6.56. The molecular formula is C22H22ClF3N2O5. The van der Waals surface area contributed by atoms with E-state index in [0.717, 1.165) is 11.4 Å². The van der Waals surface area contributed by atoms with E-state index in [0.29, 0.717) is 42.0 Å². The number of alkyl halides is 3. The Morgan fingerprint density at radius 2 is 2.00 bits per heavy atom. The highest BCUT2D eigenvalue weighted by Gasteiger charge is 2.46. The molecule has 5 rings (SSSR count). The number of amides is 1. The third-order valence-corrected chi connectivity index (χ3v) is 6.79. The molecule has 2 N–H and O–H groups in total. The molecule has 2 unspecified atom stereocenters. The van der Waals surface area contributed by atoms with Gasteiger partial charge in [0.1, 0.15) is 11.9 Å². The van der Waals surface area contributed by atoms with Crippen molar-refractivity contribution in [2.45, 2.75) is 62.9 Å². The summed E-state index contributed by atoms with van der Waals surface area (Å²) in [5.41, 5.74) is 2.12. The van der Waals surface area contributed by atoms with Gasteiger partial charge in [0, 0.05) is 41.0 Å². The number of ether oxygens (including phenoxy) is 2. The van der Waals surface area contributed by atoms with Crippen molar-refractivity contribution in [3.63, 3.8) is 0 Å². The number of aliphatic hydroxyl groups is 1. The van der Waals surface area contributed by atoms with E-state index < -0.39 is 24.7 Å². The van der Waals surface area contributed by atoms with Crippen molar-refractivity contribution in [2.75, 3.05) is 0 Å². The van der Waals surface area contributed by atoms with Crippen LogP contribution in [-0.4, -0.2) is 41.4 Å². The second-order valence-corrected chi connectivity index (χ2v) is 9.32. The molecule has 2 heterocycles. The van der Waals surface area contributed by atoms with E-state index in [-0.39, 0.29) is 30.3 Å². The van der Waals surface area contributed by atoms with Crippen LogP contribution in [0.15, 0.2) is 35.1 Å². The van der Waals surface area contributed by atoms with Gasteiger partial charge in [-0.1, -0.05) is 22.8 Å². The SMILES string of the molecule is O=C(NC1=CC(C2=NOC([C@H]3C[C@@H](OC(F)(F)F)C3)C2)C1)[C@H]1C[C@@H](O)c2cc(Cl)ccc2O1. The van der Waals surface area contributed by atoms with Crippen molar-refractivity contribution in [1.29, 1.82) is 0 Å². The number of hydrogen-bond acceptors (Lipinski definition) is 6. The molecule has 1 saturated carbocycles. The fraction of sp³-hybridized carbons (Fsp3) is 0.545. The number of benzene rings is 1. The molecule has 0 bridgehead atoms. The van der Waals surface area contributed by atoms with Gasteiger partial charge in [-0.2, -0.15) is 0 Å². The van der Waals surface area contributed by atoms with Gasteiger partial charge in [-0.15, -0.1) is 13.2 Å². The quantitative estimate of drug-likeness (QED) is 0.656. The Hall–Kier alpha value is -2.30. The lowest BCUT2D eigenvalue weighted by Crippen LogP contribution is -2.43. The average Bonchev–Trinajstić information content (AvgIpc) is 3.15. The number of aliphatic hydroxyl groups excluding tert-OH is 1. The highest BCUT2D eigenvalue weighted by molar-refractivity contribution is 6.30. The minimum atomic E-state index is -4.61. The van der Waals surface area contributed by atoms with Crippen molar-refractivity contribution in [1.82, 2.24) is 5.32 Å². The fourth-order valence-corrected chi connectivity index (χ4v) is 4.83. The van der Waals surface area contributed by atoms with Gasteiger partial charge >= 0.3 is 6.36 Å². The minimum absolute atomic E-state index is 0.00512. The summed E-state index contributed by atoms with van der Waals surface area (Å²) in [5.74, 6) is 0.107. The molecule has 4 aliphatic rings. The van der Waals surface area contributed by atoms with Gasteiger partial charge in [-0.05, 0) is 37.5 Å². The van der Waals surface area contributed by atoms with Gasteiger partial charge in [0.15, 0.2) is 6.10 Å². The molecule has 0 radical (unpaired) electrons. The van der Waals surface area contributed by atoms with Crippen LogP contribution in [0.1, 0.15) is 43.8 Å². The molecule has 2 aliphatic heterocycles. The van der Waals surface area contributed by atoms with E-state index in [1.165, 1.54) is 0 Å². The largest absolute Gasteiger partial charge is 0.522 e. The lowest BCUT2D eigenvalue weighted by Gasteiger charge is -2.37. The molecule has 178 valence electrons. The first kappa shape index (κ1) is 22.5. The maximum atomic E-state index is 12.6. The number of halogens is 4. The molecule has 0 spiro atoms. The monoisotopic (exact) mass is 486 g/mol. The number of nitrogens with one attached hydrogen (secondary N) is 1. The lowest BCUT2D eigenvalue weighted by molar-refractivity contribution is -0.356. The Morgan fingerprint density at radius 1 is 1.24 bits per heavy atom. The van der Waals surface area contributed by atoms with E-state index in [1.54, 1.807) is 18.2 Å². The Morgan fingerprint density at radius 3 is 2.73 bits per heavy atom. The van der Waals surface area contributed by atoms with Gasteiger partial charge in [0.25, 0.3) is 5.91 Å². The molecule has 33 heavy (non-hydrogen) atoms. The van der Waals surface area contributed by atoms with Crippen LogP contribution in [0.2, 0.25) is 5.02 Å². The maximum Gasteiger partial charge on any atom is 0.522 e. The minimum Gasteiger partial charge on any atom is -0.480 e. The predicted molar refractivity (Wildman–Crippen MR) is 110 cm³/mol. The van der Waals surface area contributed by atoms with Gasteiger partial charge in [-0.25, -0.2) is 0 Å². The number of oxime groups is 1. The predicted octanol–water partition coefficient (Wildman–Crippen LogP) is 4.00. The Kier molecular flexibility index (Phi) is 5.78. The summed E-state index contributed by atoms with van der Waals surface area (Å²) in [7, 11) is 0. The van der Waals surface area contributed by atoms with Crippen molar-refractivity contribution in [3.05, 3.63) is 40.6 Å². The maximum absolute atomic E-state index is 12.6. The first-order valence-corrected chi connectivity index (χ1v) is 11.2. The first-order valence-electron chi connectivity index (χ1n) is 10.8. The molecule has 1 aromatic rings. The van der Waals surface area contributed by atoms with Crippen molar-refractivity contribution < 1.29 is 37.4 Å². The van der Waals surface area contributed by atoms with Crippen molar-refractivity contribution in [2.24, 2.45) is 17.0 Å². The number of fused-ring (bicyclic) bond motifs is 1. The summed E-state index contributed by atoms with van der Waals surface area (Å²) in [6.07, 6.45) is -3.57. The molecule has 1 amide bonds. The molecule has 7 nitrogen and oxygen atoms in total. The summed E-state index contributed by atoms with van der Waals surface area (Å²) < 4.78 is 46.5. The van der Waals surface area contributed by atoms with E-state index >= 15 is 0 Å². The van der Waals surface area contributed by atoms with Gasteiger partial charge in [0.05, 0.1) is 17.9 Å². The van der Waals surface area contributed by atoms with Crippen LogP contribution >= 0.6 is 11.6 Å². The van der Waals surface area contributed by atoms with E-state index in [2.05, 4.69) is 15.2 Å². The summed E-state index contributed by atoms with van der Waals surface area (Å²) in [4.78, 5) is 18.1. The van der Waals surface area contributed by atoms with E-state index in [9.17, 15) is 23.1 Å². The summed E-state index contributed by atoms with van der Waals surface area (Å²) >= 11 is 5.95. The average molecular weight is 487 g/mol. The number of nitrogens with zero attached hydrogens (tertiary/aromatic N) is 1. The molecule has 1 fully saturated rings. The van der Waals surface area contributed by atoms with Gasteiger partial charge < -0.3 is 20.0 Å². The zero-order valence-electron chi connectivity index (χ0n) is 17.3. The lowest BCUT2D eigenvalue weighted by atomic mass is 9.75. The standard InChI is InChI=1S/C22H22ClF3N2O5/c23-12-1-2-18-15(7-12)17(29)9-20(31-18)21(30)27-13-3-10(4-13)16-8-19(33-28-16)11-5-14(6-11)32-22(24,25)26/h1-3,7,10-11,14,17,19-20,29H,4-6,8-9H2,(H,27,30)/t10?,11-,14+,17-,19?,20-/m1/s1. The normalized spacial score (nSPS) is 32.9. The first-order chi connectivity index (χ1) is 15.6. The number of rotatable bonds is 5. The van der Waals surface area contributed by atoms with Crippen LogP contribution in [0.4, 0.5) is 13.2 Å². The third kappa shape index (κ3) is 4.83. The Bertz CT molecular complexity index is 1010. The molecule has 11 heteroatoms. The van der Waals surface area contributed by atoms with Crippen LogP contribution in [0.3, 0.4) is 0 Å². The van der Waals surface area contributed by atoms with Gasteiger partial charge in [0.2, 0.25) is 0 Å². The fourth-order valence-electron chi connectivity index (χ4n) is 4.65. The number of allylic oxidation sites excluding steroid dienone is 2. The van der Waals surface area contributed by atoms with E-state index in [1.807, 2.05) is 6.08 Å². The molecule has 0 aromatic heterocycles. The van der Waals surface area contributed by atoms with Crippen molar-refractivity contribution in [3.8, 4) is 5.75 Å². The number of carbonyl (C=O) groups is 1. The zero-order valence-corrected chi connectivity index (χ0v) is 18.1. The molecule has 1 aromatic carbocycles. The highest BCUT2D eigenvalue weighted by atomic mass is 35.5. The van der Waals surface area contributed by atoms with Crippen LogP contribution < -0.4 is 10.1 Å².